The van der Waals surface area contributed by atoms with Gasteiger partial charge in [0.05, 0.1) is 12.0 Å². The third-order valence-electron chi connectivity index (χ3n) is 12.5. The van der Waals surface area contributed by atoms with Gasteiger partial charge in [0.25, 0.3) is 0 Å². The lowest BCUT2D eigenvalue weighted by molar-refractivity contribution is -0.173. The Balaban J connectivity index is 1.25. The zero-order valence-electron chi connectivity index (χ0n) is 22.2. The predicted octanol–water partition coefficient (Wildman–Crippen LogP) is 4.80. The second kappa shape index (κ2) is 7.69. The summed E-state index contributed by atoms with van der Waals surface area (Å²) < 4.78 is 18.5. The van der Waals surface area contributed by atoms with Crippen LogP contribution in [0.3, 0.4) is 0 Å². The lowest BCUT2D eigenvalue weighted by Gasteiger charge is -2.58. The summed E-state index contributed by atoms with van der Waals surface area (Å²) in [5, 5.41) is 11.6. The predicted molar refractivity (Wildman–Crippen MR) is 129 cm³/mol. The molecule has 2 heterocycles. The fourth-order valence-corrected chi connectivity index (χ4v) is 10.3. The summed E-state index contributed by atoms with van der Waals surface area (Å²) in [6.45, 7) is 10.4. The summed E-state index contributed by atoms with van der Waals surface area (Å²) >= 11 is 0. The van der Waals surface area contributed by atoms with Gasteiger partial charge in [-0.25, -0.2) is 0 Å². The lowest BCUT2D eigenvalue weighted by Crippen LogP contribution is -2.57. The van der Waals surface area contributed by atoms with E-state index < -0.39 is 11.5 Å². The third kappa shape index (κ3) is 3.02. The van der Waals surface area contributed by atoms with Crippen LogP contribution in [-0.2, 0) is 23.8 Å². The first-order valence-electron chi connectivity index (χ1n) is 14.2. The molecule has 0 aromatic carbocycles. The van der Waals surface area contributed by atoms with Crippen LogP contribution in [0.15, 0.2) is 0 Å². The first kappa shape index (κ1) is 24.2. The number of aliphatic hydroxyl groups is 1. The summed E-state index contributed by atoms with van der Waals surface area (Å²) in [5.74, 6) is 1.42. The van der Waals surface area contributed by atoms with Gasteiger partial charge in [0.15, 0.2) is 0 Å². The molecular weight excluding hydrogens is 444 g/mol. The molecule has 0 unspecified atom stereocenters. The quantitative estimate of drug-likeness (QED) is 0.454. The Morgan fingerprint density at radius 2 is 1.86 bits per heavy atom. The van der Waals surface area contributed by atoms with Crippen LogP contribution in [-0.4, -0.2) is 46.6 Å². The summed E-state index contributed by atoms with van der Waals surface area (Å²) in [6.07, 6.45) is 9.37. The molecule has 35 heavy (non-hydrogen) atoms. The number of hydrogen-bond acceptors (Lipinski definition) is 6. The maximum absolute atomic E-state index is 12.4. The van der Waals surface area contributed by atoms with Crippen molar-refractivity contribution in [1.29, 1.82) is 0 Å². The van der Waals surface area contributed by atoms with Crippen LogP contribution in [0.2, 0.25) is 0 Å². The van der Waals surface area contributed by atoms with Gasteiger partial charge in [-0.15, -0.1) is 0 Å². The molecule has 0 amide bonds. The Hall–Kier alpha value is -1.14. The van der Waals surface area contributed by atoms with Gasteiger partial charge in [0.2, 0.25) is 0 Å². The minimum absolute atomic E-state index is 0.0310. The van der Waals surface area contributed by atoms with Crippen molar-refractivity contribution < 1.29 is 28.9 Å². The molecule has 0 radical (unpaired) electrons. The fourth-order valence-electron chi connectivity index (χ4n) is 10.3. The highest BCUT2D eigenvalue weighted by Crippen LogP contribution is 2.80. The van der Waals surface area contributed by atoms with Crippen molar-refractivity contribution in [2.45, 2.75) is 128 Å². The van der Waals surface area contributed by atoms with Crippen molar-refractivity contribution in [1.82, 2.24) is 0 Å². The normalized spacial score (nSPS) is 55.5. The van der Waals surface area contributed by atoms with E-state index >= 15 is 0 Å². The molecule has 0 aromatic rings. The average Bonchev–Trinajstić information content (AvgIpc) is 3.44. The van der Waals surface area contributed by atoms with Gasteiger partial charge in [-0.3, -0.25) is 9.59 Å². The molecule has 6 rings (SSSR count). The number of epoxide rings is 1. The number of ether oxygens (including phenoxy) is 3. The molecule has 6 nitrogen and oxygen atoms in total. The van der Waals surface area contributed by atoms with Crippen molar-refractivity contribution in [3.63, 3.8) is 0 Å². The Bertz CT molecular complexity index is 919. The molecule has 6 heteroatoms. The Labute approximate surface area is 209 Å². The minimum Gasteiger partial charge on any atom is -0.463 e. The molecule has 196 valence electrons. The van der Waals surface area contributed by atoms with Crippen molar-refractivity contribution in [3.05, 3.63) is 0 Å². The van der Waals surface area contributed by atoms with Crippen molar-refractivity contribution in [2.75, 3.05) is 0 Å². The van der Waals surface area contributed by atoms with Gasteiger partial charge in [0, 0.05) is 24.7 Å². The molecular formula is C29H44O6. The van der Waals surface area contributed by atoms with Gasteiger partial charge < -0.3 is 19.3 Å². The van der Waals surface area contributed by atoms with Crippen molar-refractivity contribution >= 4 is 11.9 Å². The molecule has 1 N–H and O–H groups in total. The first-order valence-corrected chi connectivity index (χ1v) is 14.2. The molecule has 0 aromatic heterocycles. The first-order chi connectivity index (χ1) is 16.5. The molecule has 0 spiro atoms. The fraction of sp³-hybridized carbons (Fsp3) is 0.931. The van der Waals surface area contributed by atoms with Crippen LogP contribution in [0.5, 0.6) is 0 Å². The number of carbonyl (C=O) groups excluding carboxylic acids is 2. The minimum atomic E-state index is -0.437. The highest BCUT2D eigenvalue weighted by molar-refractivity contribution is 5.72. The number of aliphatic hydroxyl groups excluding tert-OH is 1. The maximum atomic E-state index is 12.4. The van der Waals surface area contributed by atoms with Crippen LogP contribution in [0.1, 0.15) is 98.8 Å². The zero-order valence-corrected chi connectivity index (χ0v) is 22.2. The summed E-state index contributed by atoms with van der Waals surface area (Å²) in [4.78, 5) is 23.9. The Morgan fingerprint density at radius 3 is 2.57 bits per heavy atom. The van der Waals surface area contributed by atoms with Crippen molar-refractivity contribution in [3.8, 4) is 0 Å². The molecule has 4 aliphatic carbocycles. The number of cyclic esters (lactones) is 1. The van der Waals surface area contributed by atoms with Gasteiger partial charge in [-0.1, -0.05) is 27.7 Å². The molecule has 0 bridgehead atoms. The molecule has 6 fully saturated rings. The number of rotatable bonds is 3. The van der Waals surface area contributed by atoms with Crippen LogP contribution in [0.25, 0.3) is 0 Å². The standard InChI is InChI=1S/C29H44O6/c1-16-6-9-23(34-25(16)32)17(2)27(5)24(31)15-28-22-8-7-19-14-20(33-18(3)30)10-12-26(19,4)21(22)11-13-29(27,28)35-28/h16-17,19-24,31H,6-15H2,1-5H3/t16-,17-,19+,20+,21+,22-,23-,24-,26+,27-,28-,29-/m1/s1. The highest BCUT2D eigenvalue weighted by atomic mass is 16.6. The molecule has 12 atom stereocenters. The van der Waals surface area contributed by atoms with E-state index in [-0.39, 0.29) is 52.6 Å². The van der Waals surface area contributed by atoms with Crippen LogP contribution in [0, 0.1) is 40.4 Å². The summed E-state index contributed by atoms with van der Waals surface area (Å²) in [5.41, 5.74) is -0.691. The number of fused-ring (bicyclic) bond motifs is 3. The van der Waals surface area contributed by atoms with Crippen LogP contribution in [0.4, 0.5) is 0 Å². The van der Waals surface area contributed by atoms with E-state index in [1.165, 1.54) is 6.92 Å². The summed E-state index contributed by atoms with van der Waals surface area (Å²) in [7, 11) is 0. The van der Waals surface area contributed by atoms with E-state index in [0.717, 1.165) is 57.8 Å². The smallest absolute Gasteiger partial charge is 0.308 e. The van der Waals surface area contributed by atoms with Crippen molar-refractivity contribution in [2.24, 2.45) is 40.4 Å². The van der Waals surface area contributed by atoms with E-state index in [1.54, 1.807) is 0 Å². The Morgan fingerprint density at radius 1 is 1.09 bits per heavy atom. The highest BCUT2D eigenvalue weighted by Gasteiger charge is 2.88. The number of esters is 2. The molecule has 2 aliphatic heterocycles. The van der Waals surface area contributed by atoms with Gasteiger partial charge >= 0.3 is 11.9 Å². The van der Waals surface area contributed by atoms with E-state index in [1.807, 2.05) is 6.92 Å². The number of hydrogen-bond donors (Lipinski definition) is 1. The second-order valence-electron chi connectivity index (χ2n) is 13.6. The summed E-state index contributed by atoms with van der Waals surface area (Å²) in [6, 6.07) is 0. The van der Waals surface area contributed by atoms with Crippen LogP contribution < -0.4 is 0 Å². The van der Waals surface area contributed by atoms with Gasteiger partial charge in [-0.2, -0.15) is 0 Å². The maximum Gasteiger partial charge on any atom is 0.308 e. The average molecular weight is 489 g/mol. The largest absolute Gasteiger partial charge is 0.463 e. The van der Waals surface area contributed by atoms with E-state index in [0.29, 0.717) is 24.2 Å². The lowest BCUT2D eigenvalue weighted by atomic mass is 9.46. The third-order valence-corrected chi connectivity index (χ3v) is 12.5. The Kier molecular flexibility index (Phi) is 5.32. The topological polar surface area (TPSA) is 85.4 Å². The molecule has 4 saturated carbocycles. The zero-order chi connectivity index (χ0) is 25.0. The molecule has 2 saturated heterocycles. The second-order valence-corrected chi connectivity index (χ2v) is 13.6. The van der Waals surface area contributed by atoms with E-state index in [2.05, 4.69) is 20.8 Å². The SMILES string of the molecule is CC(=O)O[C@H]1CC[C@@]2(C)[C@@H](CC[C@@H]3[C@@H]2CC[C@]24O[C@]32C[C@@H](O)[C@@]4(C)[C@H](C)[C@H]2CC[C@@H](C)C(=O)O2)C1. The monoisotopic (exact) mass is 488 g/mol. The molecule has 6 aliphatic rings. The van der Waals surface area contributed by atoms with E-state index in [9.17, 15) is 14.7 Å². The number of carbonyl (C=O) groups is 2. The van der Waals surface area contributed by atoms with Crippen LogP contribution >= 0.6 is 0 Å². The van der Waals surface area contributed by atoms with E-state index in [4.69, 9.17) is 14.2 Å². The van der Waals surface area contributed by atoms with Gasteiger partial charge in [0.1, 0.15) is 23.4 Å². The van der Waals surface area contributed by atoms with Gasteiger partial charge in [-0.05, 0) is 81.0 Å².